The van der Waals surface area contributed by atoms with Crippen molar-refractivity contribution in [1.82, 2.24) is 9.97 Å². The molecule has 0 aliphatic heterocycles. The van der Waals surface area contributed by atoms with Crippen molar-refractivity contribution in [3.63, 3.8) is 0 Å². The molecule has 0 radical (unpaired) electrons. The van der Waals surface area contributed by atoms with Crippen LogP contribution in [-0.2, 0) is 0 Å². The second-order valence-electron chi connectivity index (χ2n) is 4.15. The number of nitrogens with zero attached hydrogens (tertiary/aromatic N) is 2. The Hall–Kier alpha value is -3.56. The number of rotatable bonds is 2. The highest BCUT2D eigenvalue weighted by Crippen LogP contribution is 2.45. The SMILES string of the molecule is Oc1nc(-c2ccc(-c3nc(O)c(O)o3)c(O)c2O)oc1O. The van der Waals surface area contributed by atoms with Crippen LogP contribution in [0.2, 0.25) is 0 Å². The lowest BCUT2D eigenvalue weighted by molar-refractivity contribution is 0.308. The van der Waals surface area contributed by atoms with Crippen LogP contribution in [0.25, 0.3) is 22.9 Å². The lowest BCUT2D eigenvalue weighted by Crippen LogP contribution is -1.84. The second kappa shape index (κ2) is 4.48. The van der Waals surface area contributed by atoms with Crippen molar-refractivity contribution < 1.29 is 39.5 Å². The standard InChI is InChI=1S/C12H8N2O8/c15-5-3(9-13-7(17)11(19)21-9)1-2-4(6(5)16)10-14-8(18)12(20)22-10/h1-2,15-20H. The van der Waals surface area contributed by atoms with E-state index in [4.69, 9.17) is 29.3 Å². The zero-order valence-corrected chi connectivity index (χ0v) is 10.5. The third-order valence-corrected chi connectivity index (χ3v) is 2.80. The van der Waals surface area contributed by atoms with Crippen molar-refractivity contribution in [3.05, 3.63) is 12.1 Å². The largest absolute Gasteiger partial charge is 0.504 e. The fraction of sp³-hybridized carbons (Fsp3) is 0. The van der Waals surface area contributed by atoms with Gasteiger partial charge < -0.3 is 39.5 Å². The molecule has 0 amide bonds. The van der Waals surface area contributed by atoms with Crippen molar-refractivity contribution in [2.75, 3.05) is 0 Å². The highest BCUT2D eigenvalue weighted by atomic mass is 16.5. The molecule has 0 bridgehead atoms. The van der Waals surface area contributed by atoms with E-state index in [1.165, 1.54) is 12.1 Å². The molecule has 0 fully saturated rings. The molecule has 3 aromatic rings. The Balaban J connectivity index is 2.12. The summed E-state index contributed by atoms with van der Waals surface area (Å²) in [5, 5.41) is 56.5. The van der Waals surface area contributed by atoms with Crippen LogP contribution in [0.4, 0.5) is 0 Å². The van der Waals surface area contributed by atoms with Gasteiger partial charge in [-0.05, 0) is 12.1 Å². The topological polar surface area (TPSA) is 173 Å². The van der Waals surface area contributed by atoms with Crippen LogP contribution in [-0.4, -0.2) is 40.6 Å². The van der Waals surface area contributed by atoms with Crippen LogP contribution in [0, 0.1) is 0 Å². The van der Waals surface area contributed by atoms with E-state index in [2.05, 4.69) is 9.97 Å². The maximum Gasteiger partial charge on any atom is 0.349 e. The molecule has 10 nitrogen and oxygen atoms in total. The number of oxazole rings is 2. The molecule has 0 atom stereocenters. The molecule has 3 rings (SSSR count). The first-order valence-corrected chi connectivity index (χ1v) is 5.71. The Morgan fingerprint density at radius 2 is 1.00 bits per heavy atom. The summed E-state index contributed by atoms with van der Waals surface area (Å²) in [4.78, 5) is 6.90. The highest BCUT2D eigenvalue weighted by Gasteiger charge is 2.23. The number of hydrogen-bond acceptors (Lipinski definition) is 10. The van der Waals surface area contributed by atoms with Crippen molar-refractivity contribution in [3.8, 4) is 58.1 Å². The van der Waals surface area contributed by atoms with Gasteiger partial charge in [0, 0.05) is 0 Å². The van der Waals surface area contributed by atoms with E-state index < -0.39 is 35.2 Å². The van der Waals surface area contributed by atoms with Crippen LogP contribution < -0.4 is 0 Å². The summed E-state index contributed by atoms with van der Waals surface area (Å²) in [6, 6.07) is 2.46. The minimum atomic E-state index is -0.847. The fourth-order valence-electron chi connectivity index (χ4n) is 1.76. The quantitative estimate of drug-likeness (QED) is 0.378. The highest BCUT2D eigenvalue weighted by molar-refractivity contribution is 5.77. The Labute approximate surface area is 120 Å². The third-order valence-electron chi connectivity index (χ3n) is 2.80. The van der Waals surface area contributed by atoms with Gasteiger partial charge in [0.25, 0.3) is 11.8 Å². The predicted octanol–water partition coefficient (Wildman–Crippen LogP) is 1.23. The molecule has 114 valence electrons. The van der Waals surface area contributed by atoms with Gasteiger partial charge in [0.05, 0.1) is 11.1 Å². The minimum Gasteiger partial charge on any atom is -0.504 e. The second-order valence-corrected chi connectivity index (χ2v) is 4.15. The van der Waals surface area contributed by atoms with E-state index in [0.717, 1.165) is 0 Å². The lowest BCUT2D eigenvalue weighted by Gasteiger charge is -2.06. The molecule has 0 unspecified atom stereocenters. The number of aromatic nitrogens is 2. The minimum absolute atomic E-state index is 0.128. The molecule has 2 heterocycles. The van der Waals surface area contributed by atoms with E-state index in [1.54, 1.807) is 0 Å². The molecule has 0 saturated heterocycles. The maximum absolute atomic E-state index is 9.96. The molecule has 0 aliphatic carbocycles. The Morgan fingerprint density at radius 1 is 0.636 bits per heavy atom. The summed E-state index contributed by atoms with van der Waals surface area (Å²) in [6.45, 7) is 0. The van der Waals surface area contributed by atoms with Gasteiger partial charge in [-0.3, -0.25) is 0 Å². The fourth-order valence-corrected chi connectivity index (χ4v) is 1.76. The van der Waals surface area contributed by atoms with Crippen LogP contribution in [0.15, 0.2) is 21.0 Å². The van der Waals surface area contributed by atoms with Gasteiger partial charge in [-0.15, -0.1) is 0 Å². The van der Waals surface area contributed by atoms with E-state index in [1.807, 2.05) is 0 Å². The molecule has 2 aromatic heterocycles. The van der Waals surface area contributed by atoms with Gasteiger partial charge in [0.2, 0.25) is 11.8 Å². The molecule has 6 N–H and O–H groups in total. The van der Waals surface area contributed by atoms with Gasteiger partial charge in [-0.1, -0.05) is 0 Å². The molecule has 10 heteroatoms. The Morgan fingerprint density at radius 3 is 1.27 bits per heavy atom. The maximum atomic E-state index is 9.96. The van der Waals surface area contributed by atoms with Gasteiger partial charge in [0.1, 0.15) is 0 Å². The number of aromatic hydroxyl groups is 6. The lowest BCUT2D eigenvalue weighted by atomic mass is 10.1. The van der Waals surface area contributed by atoms with Crippen molar-refractivity contribution >= 4 is 0 Å². The summed E-state index contributed by atoms with van der Waals surface area (Å²) < 4.78 is 9.42. The number of hydrogen-bond donors (Lipinski definition) is 6. The number of phenolic OH excluding ortho intramolecular Hbond substituents is 2. The first kappa shape index (κ1) is 13.4. The molecular weight excluding hydrogens is 300 g/mol. The average Bonchev–Trinajstić information content (AvgIpc) is 2.96. The van der Waals surface area contributed by atoms with Gasteiger partial charge in [-0.2, -0.15) is 9.97 Å². The van der Waals surface area contributed by atoms with E-state index in [9.17, 15) is 10.2 Å². The van der Waals surface area contributed by atoms with E-state index in [-0.39, 0.29) is 22.9 Å². The molecule has 0 saturated carbocycles. The Bertz CT molecular complexity index is 756. The molecule has 1 aromatic carbocycles. The monoisotopic (exact) mass is 308 g/mol. The number of benzene rings is 1. The van der Waals surface area contributed by atoms with Gasteiger partial charge in [-0.25, -0.2) is 0 Å². The van der Waals surface area contributed by atoms with Crippen LogP contribution >= 0.6 is 0 Å². The van der Waals surface area contributed by atoms with Crippen molar-refractivity contribution in [1.29, 1.82) is 0 Å². The predicted molar refractivity (Wildman–Crippen MR) is 67.4 cm³/mol. The molecular formula is C12H8N2O8. The normalized spacial score (nSPS) is 10.9. The summed E-state index contributed by atoms with van der Waals surface area (Å²) in [5.41, 5.74) is -0.256. The zero-order valence-electron chi connectivity index (χ0n) is 10.5. The van der Waals surface area contributed by atoms with E-state index in [0.29, 0.717) is 0 Å². The third kappa shape index (κ3) is 1.90. The van der Waals surface area contributed by atoms with Crippen molar-refractivity contribution in [2.45, 2.75) is 0 Å². The van der Waals surface area contributed by atoms with Gasteiger partial charge in [0.15, 0.2) is 11.5 Å². The molecule has 22 heavy (non-hydrogen) atoms. The smallest absolute Gasteiger partial charge is 0.349 e. The van der Waals surface area contributed by atoms with Gasteiger partial charge >= 0.3 is 11.9 Å². The summed E-state index contributed by atoms with van der Waals surface area (Å²) in [6.07, 6.45) is 0. The summed E-state index contributed by atoms with van der Waals surface area (Å²) in [7, 11) is 0. The van der Waals surface area contributed by atoms with Crippen LogP contribution in [0.5, 0.6) is 35.2 Å². The zero-order chi connectivity index (χ0) is 16.0. The first-order chi connectivity index (χ1) is 10.4. The molecule has 0 aliphatic rings. The average molecular weight is 308 g/mol. The van der Waals surface area contributed by atoms with Crippen LogP contribution in [0.3, 0.4) is 0 Å². The molecule has 0 spiro atoms. The number of phenols is 2. The van der Waals surface area contributed by atoms with Crippen LogP contribution in [0.1, 0.15) is 0 Å². The Kier molecular flexibility index (Phi) is 2.73. The van der Waals surface area contributed by atoms with Crippen molar-refractivity contribution in [2.24, 2.45) is 0 Å². The van der Waals surface area contributed by atoms with E-state index >= 15 is 0 Å². The summed E-state index contributed by atoms with van der Waals surface area (Å²) >= 11 is 0. The first-order valence-electron chi connectivity index (χ1n) is 5.71. The summed E-state index contributed by atoms with van der Waals surface area (Å²) in [5.74, 6) is -5.33.